The van der Waals surface area contributed by atoms with Gasteiger partial charge >= 0.3 is 0 Å². The summed E-state index contributed by atoms with van der Waals surface area (Å²) < 4.78 is 0. The van der Waals surface area contributed by atoms with Gasteiger partial charge < -0.3 is 29.8 Å². The van der Waals surface area contributed by atoms with Crippen molar-refractivity contribution in [2.75, 3.05) is 64.3 Å². The van der Waals surface area contributed by atoms with E-state index in [1.807, 2.05) is 86.5 Å². The number of hydrogen-bond acceptors (Lipinski definition) is 6. The molecule has 2 aliphatic heterocycles. The summed E-state index contributed by atoms with van der Waals surface area (Å²) in [5.74, 6) is -0.247. The molecule has 226 valence electrons. The van der Waals surface area contributed by atoms with Gasteiger partial charge in [-0.1, -0.05) is 49.9 Å². The van der Waals surface area contributed by atoms with Gasteiger partial charge in [-0.2, -0.15) is 0 Å². The second kappa shape index (κ2) is 14.5. The maximum atomic E-state index is 14.3. The lowest BCUT2D eigenvalue weighted by Crippen LogP contribution is -2.31. The third-order valence-electron chi connectivity index (χ3n) is 8.08. The number of amides is 2. The predicted octanol–water partition coefficient (Wildman–Crippen LogP) is 4.73. The fourth-order valence-corrected chi connectivity index (χ4v) is 5.73. The highest BCUT2D eigenvalue weighted by atomic mass is 16.3. The number of anilines is 2. The summed E-state index contributed by atoms with van der Waals surface area (Å²) >= 11 is 0. The molecule has 8 nitrogen and oxygen atoms in total. The topological polar surface area (TPSA) is 87.6 Å². The minimum Gasteiger partial charge on any atom is -0.396 e. The number of hydrogen-bond donors (Lipinski definition) is 2. The monoisotopic (exact) mass is 574 g/mol. The van der Waals surface area contributed by atoms with Crippen molar-refractivity contribution in [1.82, 2.24) is 9.80 Å². The van der Waals surface area contributed by atoms with Crippen molar-refractivity contribution in [1.29, 1.82) is 0 Å². The summed E-state index contributed by atoms with van der Waals surface area (Å²) in [7, 11) is 7.95. The minimum absolute atomic E-state index is 0.123. The van der Waals surface area contributed by atoms with Crippen molar-refractivity contribution in [2.24, 2.45) is 0 Å². The van der Waals surface area contributed by atoms with Gasteiger partial charge in [0.2, 0.25) is 0 Å². The van der Waals surface area contributed by atoms with Crippen LogP contribution in [-0.4, -0.2) is 86.3 Å². The van der Waals surface area contributed by atoms with Gasteiger partial charge in [-0.15, -0.1) is 0 Å². The Hall–Kier alpha value is -3.62. The zero-order chi connectivity index (χ0) is 30.2. The molecule has 0 atom stereocenters. The van der Waals surface area contributed by atoms with Crippen molar-refractivity contribution in [2.45, 2.75) is 51.4 Å². The van der Waals surface area contributed by atoms with Crippen molar-refractivity contribution < 1.29 is 19.8 Å². The normalized spacial score (nSPS) is 14.9. The number of benzene rings is 2. The molecule has 0 saturated carbocycles. The molecule has 0 fully saturated rings. The highest BCUT2D eigenvalue weighted by Crippen LogP contribution is 2.47. The first-order valence-electron chi connectivity index (χ1n) is 15.2. The van der Waals surface area contributed by atoms with Gasteiger partial charge in [0.15, 0.2) is 0 Å². The van der Waals surface area contributed by atoms with Crippen LogP contribution in [0.25, 0.3) is 11.4 Å². The molecule has 2 heterocycles. The van der Waals surface area contributed by atoms with Gasteiger partial charge in [0.05, 0.1) is 22.5 Å². The highest BCUT2D eigenvalue weighted by molar-refractivity contribution is 6.30. The molecule has 4 rings (SSSR count). The van der Waals surface area contributed by atoms with E-state index in [1.165, 1.54) is 0 Å². The number of nitrogens with zero attached hydrogens (tertiary/aromatic N) is 4. The summed E-state index contributed by atoms with van der Waals surface area (Å²) in [6.45, 7) is 1.37. The lowest BCUT2D eigenvalue weighted by atomic mass is 10.0. The van der Waals surface area contributed by atoms with Crippen LogP contribution in [0, 0.1) is 0 Å². The van der Waals surface area contributed by atoms with Gasteiger partial charge in [-0.3, -0.25) is 9.59 Å². The Morgan fingerprint density at radius 3 is 1.17 bits per heavy atom. The molecule has 2 N–H and O–H groups in total. The molecule has 2 aromatic carbocycles. The number of rotatable bonds is 16. The average Bonchev–Trinajstić information content (AvgIpc) is 3.43. The van der Waals surface area contributed by atoms with Crippen LogP contribution in [-0.2, 0) is 9.59 Å². The molecule has 0 aromatic heterocycles. The summed E-state index contributed by atoms with van der Waals surface area (Å²) in [5.41, 5.74) is 6.18. The van der Waals surface area contributed by atoms with E-state index in [4.69, 9.17) is 0 Å². The Labute approximate surface area is 250 Å². The summed E-state index contributed by atoms with van der Waals surface area (Å²) in [4.78, 5) is 36.3. The average molecular weight is 575 g/mol. The molecule has 42 heavy (non-hydrogen) atoms. The molecule has 2 aromatic rings. The smallest absolute Gasteiger partial charge is 0.261 e. The largest absolute Gasteiger partial charge is 0.396 e. The third-order valence-corrected chi connectivity index (χ3v) is 8.08. The van der Waals surface area contributed by atoms with E-state index >= 15 is 0 Å². The van der Waals surface area contributed by atoms with Crippen LogP contribution in [0.4, 0.5) is 11.4 Å². The first-order valence-corrected chi connectivity index (χ1v) is 15.2. The van der Waals surface area contributed by atoms with Crippen molar-refractivity contribution in [3.8, 4) is 0 Å². The van der Waals surface area contributed by atoms with Crippen LogP contribution in [0.2, 0.25) is 0 Å². The zero-order valence-corrected chi connectivity index (χ0v) is 25.6. The molecule has 0 aliphatic carbocycles. The van der Waals surface area contributed by atoms with Crippen LogP contribution in [0.1, 0.15) is 62.5 Å². The minimum atomic E-state index is -0.123. The summed E-state index contributed by atoms with van der Waals surface area (Å²) in [6, 6.07) is 16.1. The van der Waals surface area contributed by atoms with E-state index in [0.717, 1.165) is 73.9 Å². The fraction of sp³-hybridized carbons (Fsp3) is 0.471. The first kappa shape index (κ1) is 31.3. The molecule has 0 saturated heterocycles. The van der Waals surface area contributed by atoms with E-state index in [1.54, 1.807) is 9.80 Å². The maximum absolute atomic E-state index is 14.3. The van der Waals surface area contributed by atoms with Crippen LogP contribution in [0.5, 0.6) is 0 Å². The summed E-state index contributed by atoms with van der Waals surface area (Å²) in [5, 5.41) is 18.4. The van der Waals surface area contributed by atoms with Crippen molar-refractivity contribution in [3.63, 3.8) is 0 Å². The van der Waals surface area contributed by atoms with Crippen LogP contribution < -0.4 is 9.80 Å². The van der Waals surface area contributed by atoms with Crippen molar-refractivity contribution >= 4 is 34.6 Å². The number of carbonyl (C=O) groups excluding carboxylic acids is 2. The number of aliphatic hydroxyl groups is 2. The second-order valence-electron chi connectivity index (χ2n) is 11.5. The van der Waals surface area contributed by atoms with Gasteiger partial charge in [0.1, 0.15) is 0 Å². The summed E-state index contributed by atoms with van der Waals surface area (Å²) in [6.07, 6.45) is 6.68. The van der Waals surface area contributed by atoms with E-state index < -0.39 is 0 Å². The highest BCUT2D eigenvalue weighted by Gasteiger charge is 2.48. The Morgan fingerprint density at radius 1 is 0.524 bits per heavy atom. The number of aliphatic hydroxyl groups excluding tert-OH is 2. The number of fused-ring (bicyclic) bond motifs is 1. The molecular weight excluding hydrogens is 528 g/mol. The quantitative estimate of drug-likeness (QED) is 0.282. The van der Waals surface area contributed by atoms with Crippen molar-refractivity contribution in [3.05, 3.63) is 70.8 Å². The Morgan fingerprint density at radius 2 is 0.857 bits per heavy atom. The molecular formula is C34H46N4O4. The Balaban J connectivity index is 1.80. The molecule has 2 aliphatic rings. The van der Waals surface area contributed by atoms with E-state index in [-0.39, 0.29) is 25.0 Å². The van der Waals surface area contributed by atoms with Crippen LogP contribution in [0.15, 0.2) is 59.7 Å². The van der Waals surface area contributed by atoms with E-state index in [9.17, 15) is 19.8 Å². The number of carbonyl (C=O) groups is 2. The predicted molar refractivity (Wildman–Crippen MR) is 170 cm³/mol. The van der Waals surface area contributed by atoms with Gasteiger partial charge in [0.25, 0.3) is 11.8 Å². The Bertz CT molecular complexity index is 1190. The zero-order valence-electron chi connectivity index (χ0n) is 25.6. The van der Waals surface area contributed by atoms with Gasteiger partial charge in [-0.25, -0.2) is 0 Å². The van der Waals surface area contributed by atoms with Crippen LogP contribution >= 0.6 is 0 Å². The van der Waals surface area contributed by atoms with E-state index in [2.05, 4.69) is 0 Å². The van der Waals surface area contributed by atoms with Gasteiger partial charge in [-0.05, 0) is 61.1 Å². The fourth-order valence-electron chi connectivity index (χ4n) is 5.73. The SMILES string of the molecule is CN(C)c1ccc(C2=C3C(=O)N(CCCCCCO)C(c4ccc(N(C)C)cc4)=C3C(=O)N2CCCCCCO)cc1. The molecule has 2 amide bonds. The molecule has 0 unspecified atom stereocenters. The van der Waals surface area contributed by atoms with Gasteiger partial charge in [0, 0.05) is 65.9 Å². The standard InChI is InChI=1S/C34H46N4O4/c1-35(2)27-17-13-25(14-18-27)31-29-30(34(42)37(31)21-9-5-7-11-23-39)32(26-15-19-28(20-16-26)36(3)4)38(33(29)41)22-10-6-8-12-24-40/h13-20,39-40H,5-12,21-24H2,1-4H3. The van der Waals surface area contributed by atoms with E-state index in [0.29, 0.717) is 35.6 Å². The molecule has 0 radical (unpaired) electrons. The molecule has 8 heteroatoms. The lowest BCUT2D eigenvalue weighted by molar-refractivity contribution is -0.124. The first-order chi connectivity index (χ1) is 20.3. The second-order valence-corrected chi connectivity index (χ2v) is 11.5. The molecule has 0 bridgehead atoms. The maximum Gasteiger partial charge on any atom is 0.261 e. The number of unbranched alkanes of at least 4 members (excludes halogenated alkanes) is 6. The lowest BCUT2D eigenvalue weighted by Gasteiger charge is -2.26. The third kappa shape index (κ3) is 6.71. The van der Waals surface area contributed by atoms with Crippen LogP contribution in [0.3, 0.4) is 0 Å². The Kier molecular flexibility index (Phi) is 10.8. The molecule has 0 spiro atoms.